The highest BCUT2D eigenvalue weighted by atomic mass is 35.5. The number of aromatic amines is 1. The summed E-state index contributed by atoms with van der Waals surface area (Å²) in [5.74, 6) is -0.405. The van der Waals surface area contributed by atoms with Gasteiger partial charge in [0.25, 0.3) is 0 Å². The largest absolute Gasteiger partial charge is 0.331 e. The molecule has 0 aliphatic heterocycles. The van der Waals surface area contributed by atoms with E-state index in [2.05, 4.69) is 11.9 Å². The monoisotopic (exact) mass is 272 g/mol. The molecule has 0 saturated carbocycles. The summed E-state index contributed by atoms with van der Waals surface area (Å²) in [7, 11) is 0. The fourth-order valence-corrected chi connectivity index (χ4v) is 2.36. The van der Waals surface area contributed by atoms with Crippen molar-refractivity contribution in [3.8, 4) is 0 Å². The van der Waals surface area contributed by atoms with E-state index < -0.39 is 5.82 Å². The van der Waals surface area contributed by atoms with Gasteiger partial charge in [-0.2, -0.15) is 0 Å². The molecule has 2 aromatic rings. The van der Waals surface area contributed by atoms with E-state index in [1.807, 2.05) is 4.57 Å². The minimum absolute atomic E-state index is 0.120. The van der Waals surface area contributed by atoms with E-state index in [0.29, 0.717) is 4.77 Å². The molecule has 0 spiro atoms. The molecule has 0 bridgehead atoms. The average molecular weight is 273 g/mol. The molecule has 0 saturated heterocycles. The zero-order chi connectivity index (χ0) is 12.4. The molecular formula is C12H14ClFN2S. The molecule has 0 unspecified atom stereocenters. The lowest BCUT2D eigenvalue weighted by molar-refractivity contribution is 0.604. The minimum atomic E-state index is -0.405. The van der Waals surface area contributed by atoms with Crippen molar-refractivity contribution in [2.45, 2.75) is 32.7 Å². The maximum Gasteiger partial charge on any atom is 0.178 e. The van der Waals surface area contributed by atoms with Crippen LogP contribution in [0, 0.1) is 10.6 Å². The third kappa shape index (κ3) is 2.53. The number of nitrogens with zero attached hydrogens (tertiary/aromatic N) is 1. The number of unbranched alkanes of at least 4 members (excludes halogenated alkanes) is 2. The number of nitrogens with one attached hydrogen (secondary N) is 1. The Hall–Kier alpha value is -0.870. The molecule has 1 aromatic carbocycles. The second-order valence-electron chi connectivity index (χ2n) is 4.07. The van der Waals surface area contributed by atoms with Gasteiger partial charge in [-0.05, 0) is 24.7 Å². The Labute approximate surface area is 109 Å². The van der Waals surface area contributed by atoms with Crippen LogP contribution in [0.2, 0.25) is 5.02 Å². The van der Waals surface area contributed by atoms with Gasteiger partial charge in [-0.1, -0.05) is 31.4 Å². The molecular weight excluding hydrogens is 259 g/mol. The normalized spacial score (nSPS) is 11.2. The number of benzene rings is 1. The van der Waals surface area contributed by atoms with E-state index >= 15 is 0 Å². The molecule has 2 nitrogen and oxygen atoms in total. The van der Waals surface area contributed by atoms with E-state index in [-0.39, 0.29) is 5.02 Å². The SMILES string of the molecule is CCCCCn1c(=S)[nH]c2cc(Cl)c(F)cc21. The number of halogens is 2. The second-order valence-corrected chi connectivity index (χ2v) is 4.87. The summed E-state index contributed by atoms with van der Waals surface area (Å²) in [5.41, 5.74) is 1.57. The second kappa shape index (κ2) is 5.19. The first kappa shape index (κ1) is 12.6. The number of aromatic nitrogens is 2. The van der Waals surface area contributed by atoms with Crippen LogP contribution in [0.3, 0.4) is 0 Å². The molecule has 2 rings (SSSR count). The summed E-state index contributed by atoms with van der Waals surface area (Å²) < 4.78 is 16.0. The highest BCUT2D eigenvalue weighted by molar-refractivity contribution is 7.71. The molecule has 5 heteroatoms. The Balaban J connectivity index is 2.44. The van der Waals surface area contributed by atoms with E-state index in [1.54, 1.807) is 6.07 Å². The summed E-state index contributed by atoms with van der Waals surface area (Å²) in [6.07, 6.45) is 3.34. The van der Waals surface area contributed by atoms with Crippen LogP contribution in [0.5, 0.6) is 0 Å². The van der Waals surface area contributed by atoms with Crippen molar-refractivity contribution >= 4 is 34.9 Å². The first-order valence-corrected chi connectivity index (χ1v) is 6.49. The van der Waals surface area contributed by atoms with E-state index in [9.17, 15) is 4.39 Å². The summed E-state index contributed by atoms with van der Waals surface area (Å²) in [4.78, 5) is 3.05. The molecule has 0 amide bonds. The topological polar surface area (TPSA) is 20.7 Å². The predicted octanol–water partition coefficient (Wildman–Crippen LogP) is 4.68. The van der Waals surface area contributed by atoms with Gasteiger partial charge in [0.2, 0.25) is 0 Å². The van der Waals surface area contributed by atoms with Crippen molar-refractivity contribution < 1.29 is 4.39 Å². The zero-order valence-corrected chi connectivity index (χ0v) is 11.2. The molecule has 0 fully saturated rings. The lowest BCUT2D eigenvalue weighted by Gasteiger charge is -2.04. The number of imidazole rings is 1. The third-order valence-corrected chi connectivity index (χ3v) is 3.41. The van der Waals surface area contributed by atoms with Gasteiger partial charge < -0.3 is 9.55 Å². The molecule has 1 heterocycles. The van der Waals surface area contributed by atoms with Crippen molar-refractivity contribution in [3.05, 3.63) is 27.7 Å². The van der Waals surface area contributed by atoms with Gasteiger partial charge >= 0.3 is 0 Å². The quantitative estimate of drug-likeness (QED) is 0.633. The number of rotatable bonds is 4. The molecule has 1 N–H and O–H groups in total. The van der Waals surface area contributed by atoms with Crippen LogP contribution in [-0.4, -0.2) is 9.55 Å². The van der Waals surface area contributed by atoms with Gasteiger partial charge in [0.05, 0.1) is 16.1 Å². The van der Waals surface area contributed by atoms with Crippen LogP contribution in [0.15, 0.2) is 12.1 Å². The summed E-state index contributed by atoms with van der Waals surface area (Å²) in [6.45, 7) is 2.96. The first-order chi connectivity index (χ1) is 8.13. The van der Waals surface area contributed by atoms with Gasteiger partial charge in [0, 0.05) is 12.6 Å². The highest BCUT2D eigenvalue weighted by Gasteiger charge is 2.08. The Morgan fingerprint density at radius 3 is 2.88 bits per heavy atom. The van der Waals surface area contributed by atoms with Gasteiger partial charge in [0.1, 0.15) is 5.82 Å². The van der Waals surface area contributed by atoms with Crippen molar-refractivity contribution in [1.29, 1.82) is 0 Å². The Bertz CT molecular complexity index is 588. The highest BCUT2D eigenvalue weighted by Crippen LogP contribution is 2.23. The number of hydrogen-bond donors (Lipinski definition) is 1. The number of H-pyrrole nitrogens is 1. The first-order valence-electron chi connectivity index (χ1n) is 5.71. The summed E-state index contributed by atoms with van der Waals surface area (Å²) in [6, 6.07) is 3.02. The van der Waals surface area contributed by atoms with E-state index in [0.717, 1.165) is 36.8 Å². The maximum absolute atomic E-state index is 13.4. The Morgan fingerprint density at radius 2 is 2.18 bits per heavy atom. The van der Waals surface area contributed by atoms with Crippen molar-refractivity contribution in [3.63, 3.8) is 0 Å². The number of hydrogen-bond acceptors (Lipinski definition) is 1. The zero-order valence-electron chi connectivity index (χ0n) is 9.59. The lowest BCUT2D eigenvalue weighted by atomic mass is 10.2. The summed E-state index contributed by atoms with van der Waals surface area (Å²) >= 11 is 11.0. The Kier molecular flexibility index (Phi) is 3.84. The molecule has 0 aliphatic rings. The van der Waals surface area contributed by atoms with Crippen molar-refractivity contribution in [2.24, 2.45) is 0 Å². The standard InChI is InChI=1S/C12H14ClFN2S/c1-2-3-4-5-16-11-7-9(14)8(13)6-10(11)15-12(16)17/h6-7H,2-5H2,1H3,(H,15,17). The Morgan fingerprint density at radius 1 is 1.41 bits per heavy atom. The molecule has 17 heavy (non-hydrogen) atoms. The van der Waals surface area contributed by atoms with Gasteiger partial charge in [-0.15, -0.1) is 0 Å². The summed E-state index contributed by atoms with van der Waals surface area (Å²) in [5, 5.41) is 0.120. The van der Waals surface area contributed by atoms with Crippen LogP contribution in [-0.2, 0) is 6.54 Å². The fraction of sp³-hybridized carbons (Fsp3) is 0.417. The van der Waals surface area contributed by atoms with Crippen LogP contribution >= 0.6 is 23.8 Å². The number of aryl methyl sites for hydroxylation is 1. The fourth-order valence-electron chi connectivity index (χ4n) is 1.89. The van der Waals surface area contributed by atoms with Crippen molar-refractivity contribution in [1.82, 2.24) is 9.55 Å². The predicted molar refractivity (Wildman–Crippen MR) is 71.6 cm³/mol. The molecule has 0 radical (unpaired) electrons. The molecule has 0 atom stereocenters. The van der Waals surface area contributed by atoms with Crippen molar-refractivity contribution in [2.75, 3.05) is 0 Å². The minimum Gasteiger partial charge on any atom is -0.331 e. The maximum atomic E-state index is 13.4. The van der Waals surface area contributed by atoms with E-state index in [1.165, 1.54) is 6.07 Å². The lowest BCUT2D eigenvalue weighted by Crippen LogP contribution is -1.98. The van der Waals surface area contributed by atoms with Gasteiger partial charge in [-0.25, -0.2) is 4.39 Å². The molecule has 1 aromatic heterocycles. The van der Waals surface area contributed by atoms with Crippen LogP contribution in [0.4, 0.5) is 4.39 Å². The van der Waals surface area contributed by atoms with E-state index in [4.69, 9.17) is 23.8 Å². The van der Waals surface area contributed by atoms with Crippen LogP contribution < -0.4 is 0 Å². The molecule has 92 valence electrons. The average Bonchev–Trinajstić information content (AvgIpc) is 2.57. The van der Waals surface area contributed by atoms with Crippen LogP contribution in [0.25, 0.3) is 11.0 Å². The van der Waals surface area contributed by atoms with Gasteiger partial charge in [0.15, 0.2) is 4.77 Å². The number of fused-ring (bicyclic) bond motifs is 1. The third-order valence-electron chi connectivity index (χ3n) is 2.80. The smallest absolute Gasteiger partial charge is 0.178 e. The van der Waals surface area contributed by atoms with Crippen LogP contribution in [0.1, 0.15) is 26.2 Å². The molecule has 0 aliphatic carbocycles. The van der Waals surface area contributed by atoms with Gasteiger partial charge in [-0.3, -0.25) is 0 Å².